The summed E-state index contributed by atoms with van der Waals surface area (Å²) in [7, 11) is 0. The van der Waals surface area contributed by atoms with Crippen LogP contribution in [-0.4, -0.2) is 22.6 Å². The number of hydrogen-bond donors (Lipinski definition) is 3. The first-order chi connectivity index (χ1) is 12.9. The molecule has 2 heterocycles. The SMILES string of the molecule is CC(CO)c1ccc(-c2cc(C(N)=O)c(Nc3ccc(F)cn3)s2)c(F)c1. The first-order valence-electron chi connectivity index (χ1n) is 8.12. The molecule has 0 spiro atoms. The maximum absolute atomic E-state index is 14.6. The molecule has 0 aliphatic rings. The second-order valence-corrected chi connectivity index (χ2v) is 7.08. The Hall–Kier alpha value is -2.84. The number of aliphatic hydroxyl groups excluding tert-OH is 1. The molecule has 0 bridgehead atoms. The smallest absolute Gasteiger partial charge is 0.251 e. The van der Waals surface area contributed by atoms with Gasteiger partial charge in [-0.25, -0.2) is 13.8 Å². The highest BCUT2D eigenvalue weighted by molar-refractivity contribution is 7.19. The number of aromatic nitrogens is 1. The van der Waals surface area contributed by atoms with Crippen molar-refractivity contribution in [2.45, 2.75) is 12.8 Å². The lowest BCUT2D eigenvalue weighted by Crippen LogP contribution is -2.11. The minimum Gasteiger partial charge on any atom is -0.396 e. The third-order valence-electron chi connectivity index (χ3n) is 4.07. The quantitative estimate of drug-likeness (QED) is 0.594. The van der Waals surface area contributed by atoms with Crippen LogP contribution in [0.15, 0.2) is 42.6 Å². The molecule has 0 fully saturated rings. The number of nitrogens with zero attached hydrogens (tertiary/aromatic N) is 1. The van der Waals surface area contributed by atoms with Gasteiger partial charge in [-0.2, -0.15) is 0 Å². The van der Waals surface area contributed by atoms with E-state index in [4.69, 9.17) is 5.73 Å². The van der Waals surface area contributed by atoms with E-state index < -0.39 is 17.5 Å². The maximum atomic E-state index is 14.6. The van der Waals surface area contributed by atoms with Crippen LogP contribution < -0.4 is 11.1 Å². The van der Waals surface area contributed by atoms with Gasteiger partial charge in [-0.15, -0.1) is 11.3 Å². The van der Waals surface area contributed by atoms with E-state index in [2.05, 4.69) is 10.3 Å². The minimum atomic E-state index is -0.673. The van der Waals surface area contributed by atoms with Crippen molar-refractivity contribution in [3.05, 3.63) is 65.4 Å². The van der Waals surface area contributed by atoms with Crippen LogP contribution in [0.4, 0.5) is 19.6 Å². The number of benzene rings is 1. The van der Waals surface area contributed by atoms with E-state index in [0.717, 1.165) is 17.5 Å². The van der Waals surface area contributed by atoms with Crippen LogP contribution in [0, 0.1) is 11.6 Å². The lowest BCUT2D eigenvalue weighted by molar-refractivity contribution is 0.100. The molecule has 0 saturated heterocycles. The summed E-state index contributed by atoms with van der Waals surface area (Å²) < 4.78 is 27.6. The zero-order valence-corrected chi connectivity index (χ0v) is 15.2. The van der Waals surface area contributed by atoms with Crippen molar-refractivity contribution in [1.82, 2.24) is 4.98 Å². The number of halogens is 2. The van der Waals surface area contributed by atoms with E-state index in [-0.39, 0.29) is 18.1 Å². The Morgan fingerprint density at radius 2 is 2.07 bits per heavy atom. The Kier molecular flexibility index (Phi) is 5.48. The summed E-state index contributed by atoms with van der Waals surface area (Å²) in [6.45, 7) is 1.71. The first kappa shape index (κ1) is 18.9. The van der Waals surface area contributed by atoms with Gasteiger partial charge in [0.15, 0.2) is 0 Å². The highest BCUT2D eigenvalue weighted by atomic mass is 32.1. The fraction of sp³-hybridized carbons (Fsp3) is 0.158. The number of thiophene rings is 1. The van der Waals surface area contributed by atoms with Crippen LogP contribution >= 0.6 is 11.3 Å². The van der Waals surface area contributed by atoms with E-state index in [1.807, 2.05) is 0 Å². The van der Waals surface area contributed by atoms with Gasteiger partial charge in [0, 0.05) is 23.0 Å². The molecule has 3 aromatic rings. The summed E-state index contributed by atoms with van der Waals surface area (Å²) in [4.78, 5) is 16.2. The van der Waals surface area contributed by atoms with Gasteiger partial charge in [0.2, 0.25) is 0 Å². The fourth-order valence-corrected chi connectivity index (χ4v) is 3.61. The Morgan fingerprint density at radius 3 is 2.67 bits per heavy atom. The normalized spacial score (nSPS) is 12.0. The second kappa shape index (κ2) is 7.81. The van der Waals surface area contributed by atoms with E-state index in [0.29, 0.717) is 26.8 Å². The Labute approximate surface area is 158 Å². The van der Waals surface area contributed by atoms with Gasteiger partial charge >= 0.3 is 0 Å². The third-order valence-corrected chi connectivity index (χ3v) is 5.15. The van der Waals surface area contributed by atoms with Gasteiger partial charge < -0.3 is 16.2 Å². The molecule has 0 aliphatic carbocycles. The number of nitrogens with two attached hydrogens (primary N) is 1. The van der Waals surface area contributed by atoms with Crippen molar-refractivity contribution in [1.29, 1.82) is 0 Å². The number of rotatable bonds is 6. The van der Waals surface area contributed by atoms with Gasteiger partial charge in [0.1, 0.15) is 22.5 Å². The van der Waals surface area contributed by atoms with Gasteiger partial charge in [-0.1, -0.05) is 19.1 Å². The standard InChI is InChI=1S/C19H17F2N3O2S/c1-10(9-25)11-2-4-13(15(21)6-11)16-7-14(18(22)26)19(27-16)24-17-5-3-12(20)8-23-17/h2-8,10,25H,9H2,1H3,(H2,22,26)(H,23,24). The van der Waals surface area contributed by atoms with Crippen molar-refractivity contribution < 1.29 is 18.7 Å². The van der Waals surface area contributed by atoms with Gasteiger partial charge in [0.05, 0.1) is 11.8 Å². The second-order valence-electron chi connectivity index (χ2n) is 6.03. The van der Waals surface area contributed by atoms with Crippen LogP contribution in [0.1, 0.15) is 28.8 Å². The lowest BCUT2D eigenvalue weighted by atomic mass is 9.99. The molecule has 140 valence electrons. The van der Waals surface area contributed by atoms with Gasteiger partial charge in [-0.05, 0) is 29.8 Å². The fourth-order valence-electron chi connectivity index (χ4n) is 2.51. The van der Waals surface area contributed by atoms with Crippen LogP contribution in [0.25, 0.3) is 10.4 Å². The molecule has 0 aliphatic heterocycles. The largest absolute Gasteiger partial charge is 0.396 e. The van der Waals surface area contributed by atoms with E-state index in [1.165, 1.54) is 24.3 Å². The maximum Gasteiger partial charge on any atom is 0.251 e. The Morgan fingerprint density at radius 1 is 1.30 bits per heavy atom. The molecule has 2 aromatic heterocycles. The van der Waals surface area contributed by atoms with Crippen LogP contribution in [0.3, 0.4) is 0 Å². The molecule has 4 N–H and O–H groups in total. The molecule has 0 radical (unpaired) electrons. The number of primary amides is 1. The van der Waals surface area contributed by atoms with Crippen molar-refractivity contribution in [2.75, 3.05) is 11.9 Å². The molecule has 0 saturated carbocycles. The number of aliphatic hydroxyl groups is 1. The number of pyridine rings is 1. The Bertz CT molecular complexity index is 974. The van der Waals surface area contributed by atoms with Crippen molar-refractivity contribution in [3.8, 4) is 10.4 Å². The molecule has 8 heteroatoms. The van der Waals surface area contributed by atoms with Crippen molar-refractivity contribution >= 4 is 28.1 Å². The summed E-state index contributed by atoms with van der Waals surface area (Å²) >= 11 is 1.14. The van der Waals surface area contributed by atoms with Crippen molar-refractivity contribution in [3.63, 3.8) is 0 Å². The molecule has 1 unspecified atom stereocenters. The molecule has 1 amide bonds. The number of amides is 1. The van der Waals surface area contributed by atoms with E-state index in [1.54, 1.807) is 19.1 Å². The van der Waals surface area contributed by atoms with Gasteiger partial charge in [0.25, 0.3) is 5.91 Å². The average Bonchev–Trinajstić information content (AvgIpc) is 3.06. The zero-order chi connectivity index (χ0) is 19.6. The average molecular weight is 389 g/mol. The minimum absolute atomic E-state index is 0.0810. The number of nitrogens with one attached hydrogen (secondary N) is 1. The number of carbonyl (C=O) groups is 1. The summed E-state index contributed by atoms with van der Waals surface area (Å²) in [6.07, 6.45) is 1.04. The van der Waals surface area contributed by atoms with Crippen molar-refractivity contribution in [2.24, 2.45) is 5.73 Å². The van der Waals surface area contributed by atoms with Crippen LogP contribution in [0.5, 0.6) is 0 Å². The third kappa shape index (κ3) is 4.12. The monoisotopic (exact) mass is 389 g/mol. The Balaban J connectivity index is 1.97. The summed E-state index contributed by atoms with van der Waals surface area (Å²) in [5, 5.41) is 12.5. The van der Waals surface area contributed by atoms with Crippen LogP contribution in [-0.2, 0) is 0 Å². The zero-order valence-electron chi connectivity index (χ0n) is 14.4. The van der Waals surface area contributed by atoms with Gasteiger partial charge in [-0.3, -0.25) is 4.79 Å². The van der Waals surface area contributed by atoms with Crippen LogP contribution in [0.2, 0.25) is 0 Å². The highest BCUT2D eigenvalue weighted by Gasteiger charge is 2.18. The predicted molar refractivity (Wildman–Crippen MR) is 101 cm³/mol. The molecular weight excluding hydrogens is 372 g/mol. The van der Waals surface area contributed by atoms with E-state index >= 15 is 0 Å². The molecular formula is C19H17F2N3O2S. The molecule has 1 aromatic carbocycles. The van der Waals surface area contributed by atoms with E-state index in [9.17, 15) is 18.7 Å². The topological polar surface area (TPSA) is 88.2 Å². The first-order valence-corrected chi connectivity index (χ1v) is 8.93. The summed E-state index contributed by atoms with van der Waals surface area (Å²) in [5.41, 5.74) is 6.61. The molecule has 5 nitrogen and oxygen atoms in total. The lowest BCUT2D eigenvalue weighted by Gasteiger charge is -2.09. The predicted octanol–water partition coefficient (Wildman–Crippen LogP) is 4.03. The summed E-state index contributed by atoms with van der Waals surface area (Å²) in [6, 6.07) is 8.87. The summed E-state index contributed by atoms with van der Waals surface area (Å²) in [5.74, 6) is -1.47. The molecule has 27 heavy (non-hydrogen) atoms. The molecule has 1 atom stereocenters. The number of hydrogen-bond acceptors (Lipinski definition) is 5. The molecule has 3 rings (SSSR count). The number of carbonyl (C=O) groups excluding carboxylic acids is 1. The number of anilines is 2. The highest BCUT2D eigenvalue weighted by Crippen LogP contribution is 2.38.